The lowest BCUT2D eigenvalue weighted by Gasteiger charge is -2.31. The number of rotatable bonds is 6. The zero-order valence-electron chi connectivity index (χ0n) is 20.4. The second kappa shape index (κ2) is 10.6. The van der Waals surface area contributed by atoms with Gasteiger partial charge in [-0.1, -0.05) is 47.5 Å². The molecule has 0 atom stereocenters. The molecular weight excluding hydrogens is 386 g/mol. The van der Waals surface area contributed by atoms with Crippen LogP contribution in [0.25, 0.3) is 6.08 Å². The highest BCUT2D eigenvalue weighted by Gasteiger charge is 2.33. The molecule has 0 bridgehead atoms. The van der Waals surface area contributed by atoms with Crippen molar-refractivity contribution in [2.75, 3.05) is 0 Å². The van der Waals surface area contributed by atoms with Crippen molar-refractivity contribution in [3.63, 3.8) is 0 Å². The fraction of sp³-hybridized carbons (Fsp3) is 0.593. The SMILES string of the molecule is CCCC.CCCn1c(C)c(C(=O)/C(C)=C/c2ccsc2C)c2c1CCC(C)(C)C2. The van der Waals surface area contributed by atoms with Crippen LogP contribution < -0.4 is 0 Å². The van der Waals surface area contributed by atoms with Gasteiger partial charge in [-0.3, -0.25) is 4.79 Å². The lowest BCUT2D eigenvalue weighted by molar-refractivity contribution is 0.103. The number of unbranched alkanes of at least 4 members (excludes halogenated alkanes) is 1. The number of carbonyl (C=O) groups excluding carboxylic acids is 1. The molecule has 2 nitrogen and oxygen atoms in total. The first-order chi connectivity index (χ1) is 14.2. The van der Waals surface area contributed by atoms with Crippen LogP contribution in [-0.2, 0) is 19.4 Å². The first kappa shape index (κ1) is 24.7. The van der Waals surface area contributed by atoms with Gasteiger partial charge in [0.05, 0.1) is 0 Å². The van der Waals surface area contributed by atoms with Gasteiger partial charge in [0, 0.05) is 28.4 Å². The maximum Gasteiger partial charge on any atom is 0.190 e. The standard InChI is InChI=1S/C23H31NOS.C4H10/c1-7-11-24-16(3)21(19-14-23(5,6)10-8-20(19)24)22(25)15(2)13-18-9-12-26-17(18)4;1-3-4-2/h9,12-13H,7-8,10-11,14H2,1-6H3;3-4H2,1-2H3/b15-13+;. The van der Waals surface area contributed by atoms with Crippen LogP contribution in [0.15, 0.2) is 17.0 Å². The van der Waals surface area contributed by atoms with Crippen LogP contribution in [0.5, 0.6) is 0 Å². The third-order valence-electron chi connectivity index (χ3n) is 6.24. The van der Waals surface area contributed by atoms with Crippen molar-refractivity contribution < 1.29 is 4.79 Å². The maximum atomic E-state index is 13.4. The summed E-state index contributed by atoms with van der Waals surface area (Å²) in [5.41, 5.74) is 7.14. The van der Waals surface area contributed by atoms with Gasteiger partial charge in [-0.25, -0.2) is 0 Å². The van der Waals surface area contributed by atoms with Crippen LogP contribution in [0.3, 0.4) is 0 Å². The summed E-state index contributed by atoms with van der Waals surface area (Å²) in [6.45, 7) is 18.5. The molecule has 0 aromatic carbocycles. The van der Waals surface area contributed by atoms with E-state index in [0.29, 0.717) is 0 Å². The van der Waals surface area contributed by atoms with Crippen LogP contribution in [0.2, 0.25) is 0 Å². The van der Waals surface area contributed by atoms with E-state index in [9.17, 15) is 4.79 Å². The molecule has 3 heteroatoms. The Balaban J connectivity index is 0.000000735. The topological polar surface area (TPSA) is 22.0 Å². The lowest BCUT2D eigenvalue weighted by atomic mass is 9.75. The van der Waals surface area contributed by atoms with Crippen molar-refractivity contribution in [3.8, 4) is 0 Å². The molecule has 0 fully saturated rings. The number of ketones is 1. The third kappa shape index (κ3) is 5.55. The highest BCUT2D eigenvalue weighted by Crippen LogP contribution is 2.39. The van der Waals surface area contributed by atoms with Gasteiger partial charge >= 0.3 is 0 Å². The fourth-order valence-electron chi connectivity index (χ4n) is 4.23. The Morgan fingerprint density at radius 2 is 1.83 bits per heavy atom. The molecule has 0 aliphatic heterocycles. The highest BCUT2D eigenvalue weighted by atomic mass is 32.1. The smallest absolute Gasteiger partial charge is 0.190 e. The molecule has 0 N–H and O–H groups in total. The molecule has 2 heterocycles. The zero-order valence-corrected chi connectivity index (χ0v) is 21.3. The van der Waals surface area contributed by atoms with Crippen LogP contribution in [-0.4, -0.2) is 10.4 Å². The van der Waals surface area contributed by atoms with Gasteiger partial charge < -0.3 is 4.57 Å². The van der Waals surface area contributed by atoms with Crippen LogP contribution >= 0.6 is 11.3 Å². The third-order valence-corrected chi connectivity index (χ3v) is 7.10. The van der Waals surface area contributed by atoms with Crippen molar-refractivity contribution in [1.82, 2.24) is 4.57 Å². The van der Waals surface area contributed by atoms with E-state index in [0.717, 1.165) is 42.6 Å². The monoisotopic (exact) mass is 427 g/mol. The van der Waals surface area contributed by atoms with Gasteiger partial charge in [-0.15, -0.1) is 11.3 Å². The Kier molecular flexibility index (Phi) is 8.73. The van der Waals surface area contributed by atoms with Crippen LogP contribution in [0.4, 0.5) is 0 Å². The van der Waals surface area contributed by atoms with Crippen molar-refractivity contribution in [2.45, 2.75) is 100 Å². The molecule has 2 aromatic heterocycles. The van der Waals surface area contributed by atoms with Crippen molar-refractivity contribution in [2.24, 2.45) is 5.41 Å². The molecule has 1 aliphatic carbocycles. The van der Waals surface area contributed by atoms with E-state index in [1.54, 1.807) is 11.3 Å². The van der Waals surface area contributed by atoms with Crippen molar-refractivity contribution in [1.29, 1.82) is 0 Å². The Morgan fingerprint density at radius 3 is 2.37 bits per heavy atom. The number of aromatic nitrogens is 1. The summed E-state index contributed by atoms with van der Waals surface area (Å²) < 4.78 is 2.42. The first-order valence-corrected chi connectivity index (χ1v) is 12.5. The summed E-state index contributed by atoms with van der Waals surface area (Å²) in [5.74, 6) is 0.205. The largest absolute Gasteiger partial charge is 0.348 e. The summed E-state index contributed by atoms with van der Waals surface area (Å²) in [5, 5.41) is 2.09. The minimum Gasteiger partial charge on any atom is -0.348 e. The molecule has 2 aromatic rings. The number of carbonyl (C=O) groups is 1. The Labute approximate surface area is 188 Å². The number of nitrogens with zero attached hydrogens (tertiary/aromatic N) is 1. The van der Waals surface area contributed by atoms with Gasteiger partial charge in [-0.05, 0) is 86.1 Å². The minimum absolute atomic E-state index is 0.205. The number of thiophene rings is 1. The number of allylic oxidation sites excluding steroid dienone is 1. The lowest BCUT2D eigenvalue weighted by Crippen LogP contribution is -2.24. The molecule has 0 amide bonds. The number of fused-ring (bicyclic) bond motifs is 1. The first-order valence-electron chi connectivity index (χ1n) is 11.6. The summed E-state index contributed by atoms with van der Waals surface area (Å²) in [6, 6.07) is 2.10. The molecule has 1 aliphatic rings. The van der Waals surface area contributed by atoms with E-state index >= 15 is 0 Å². The average molecular weight is 428 g/mol. The van der Waals surface area contributed by atoms with E-state index < -0.39 is 0 Å². The number of aryl methyl sites for hydroxylation is 1. The van der Waals surface area contributed by atoms with Gasteiger partial charge in [0.2, 0.25) is 0 Å². The second-order valence-corrected chi connectivity index (χ2v) is 10.6. The molecule has 0 radical (unpaired) electrons. The van der Waals surface area contributed by atoms with Gasteiger partial charge in [0.1, 0.15) is 0 Å². The van der Waals surface area contributed by atoms with Crippen LogP contribution in [0.1, 0.15) is 105 Å². The van der Waals surface area contributed by atoms with E-state index in [4.69, 9.17) is 0 Å². The predicted octanol–water partition coefficient (Wildman–Crippen LogP) is 8.18. The number of hydrogen-bond acceptors (Lipinski definition) is 2. The molecular formula is C27H41NOS. The van der Waals surface area contributed by atoms with Crippen molar-refractivity contribution in [3.05, 3.63) is 50.0 Å². The summed E-state index contributed by atoms with van der Waals surface area (Å²) >= 11 is 1.73. The highest BCUT2D eigenvalue weighted by molar-refractivity contribution is 7.10. The van der Waals surface area contributed by atoms with E-state index in [-0.39, 0.29) is 11.2 Å². The number of hydrogen-bond donors (Lipinski definition) is 0. The summed E-state index contributed by atoms with van der Waals surface area (Å²) in [6.07, 6.45) is 9.09. The minimum atomic E-state index is 0.205. The molecule has 3 rings (SSSR count). The molecule has 0 spiro atoms. The summed E-state index contributed by atoms with van der Waals surface area (Å²) in [4.78, 5) is 14.7. The maximum absolute atomic E-state index is 13.4. The zero-order chi connectivity index (χ0) is 22.5. The molecule has 0 saturated carbocycles. The van der Waals surface area contributed by atoms with E-state index in [1.165, 1.54) is 41.0 Å². The quantitative estimate of drug-likeness (QED) is 0.336. The summed E-state index contributed by atoms with van der Waals surface area (Å²) in [7, 11) is 0. The molecule has 30 heavy (non-hydrogen) atoms. The Bertz CT molecular complexity index is 892. The number of Topliss-reactive ketones (excluding diaryl/α,β-unsaturated/α-hetero) is 1. The molecule has 166 valence electrons. The fourth-order valence-corrected chi connectivity index (χ4v) is 4.91. The predicted molar refractivity (Wildman–Crippen MR) is 133 cm³/mol. The molecule has 0 unspecified atom stereocenters. The Morgan fingerprint density at radius 1 is 1.17 bits per heavy atom. The van der Waals surface area contributed by atoms with Crippen molar-refractivity contribution >= 4 is 23.2 Å². The van der Waals surface area contributed by atoms with Gasteiger partial charge in [0.15, 0.2) is 5.78 Å². The van der Waals surface area contributed by atoms with E-state index in [1.807, 2.05) is 6.92 Å². The normalized spacial score (nSPS) is 15.4. The average Bonchev–Trinajstić information content (AvgIpc) is 3.21. The van der Waals surface area contributed by atoms with Crippen LogP contribution in [0, 0.1) is 19.3 Å². The Hall–Kier alpha value is -1.61. The van der Waals surface area contributed by atoms with E-state index in [2.05, 4.69) is 70.6 Å². The van der Waals surface area contributed by atoms with Gasteiger partial charge in [0.25, 0.3) is 0 Å². The van der Waals surface area contributed by atoms with Gasteiger partial charge in [-0.2, -0.15) is 0 Å². The molecule has 0 saturated heterocycles. The second-order valence-electron chi connectivity index (χ2n) is 9.47.